The van der Waals surface area contributed by atoms with Gasteiger partial charge in [0.25, 0.3) is 15.9 Å². The van der Waals surface area contributed by atoms with Gasteiger partial charge in [0.1, 0.15) is 22.0 Å². The minimum atomic E-state index is -4.61. The standard InChI is InChI=1S/C50H60N8O7S/c1-32-30-57(44(31-64-32)41-7-5-4-6-40(41)34-8-9-34)37-25-50(26-37)17-20-56(21-18-50)36-10-11-42(45(23-36)65-38-22-35-14-19-51-46(35)53-28-38)48(59)55-66(62,63)39-24-43(58(60)61)47(54-29-39)52-27-33-12-15-49(2,3)16-13-33/h4-7,10-11,14,19,22-24,28-29,32-34,37,44H,8-9,12-13,15-18,20-21,25-27,30-31H2,1-3H3,(H,51,53)(H,52,54)(H,55,59)/t32?,44-/m1/s1. The monoisotopic (exact) mass is 916 g/mol. The third-order valence-corrected chi connectivity index (χ3v) is 16.5. The summed E-state index contributed by atoms with van der Waals surface area (Å²) >= 11 is 0. The van der Waals surface area contributed by atoms with E-state index in [0.717, 1.165) is 101 Å². The zero-order chi connectivity index (χ0) is 45.8. The van der Waals surface area contributed by atoms with Crippen molar-refractivity contribution in [3.8, 4) is 11.5 Å². The number of rotatable bonds is 13. The number of amides is 1. The number of aromatic nitrogens is 3. The molecule has 3 aliphatic carbocycles. The van der Waals surface area contributed by atoms with Crippen LogP contribution in [0.5, 0.6) is 11.5 Å². The number of sulfonamides is 1. The molecule has 15 nitrogen and oxygen atoms in total. The Morgan fingerprint density at radius 1 is 0.970 bits per heavy atom. The summed E-state index contributed by atoms with van der Waals surface area (Å²) in [6.07, 6.45) is 15.6. The first-order valence-electron chi connectivity index (χ1n) is 23.6. The normalized spacial score (nSPS) is 22.5. The summed E-state index contributed by atoms with van der Waals surface area (Å²) in [6, 6.07) is 19.5. The quantitative estimate of drug-likeness (QED) is 0.0752. The predicted molar refractivity (Wildman–Crippen MR) is 253 cm³/mol. The van der Waals surface area contributed by atoms with Crippen LogP contribution < -0.4 is 19.7 Å². The van der Waals surface area contributed by atoms with E-state index in [9.17, 15) is 23.3 Å². The molecule has 1 spiro atoms. The molecule has 2 aliphatic heterocycles. The number of pyridine rings is 2. The summed E-state index contributed by atoms with van der Waals surface area (Å²) in [5.74, 6) is 0.553. The molecule has 10 rings (SSSR count). The second-order valence-corrected chi connectivity index (χ2v) is 22.1. The molecular weight excluding hydrogens is 857 g/mol. The van der Waals surface area contributed by atoms with Gasteiger partial charge < -0.3 is 24.7 Å². The number of piperidine rings is 1. The molecule has 3 saturated carbocycles. The molecule has 1 amide bonds. The predicted octanol–water partition coefficient (Wildman–Crippen LogP) is 9.49. The molecule has 5 heterocycles. The number of nitrogens with one attached hydrogen (secondary N) is 3. The molecule has 0 bridgehead atoms. The van der Waals surface area contributed by atoms with Gasteiger partial charge in [-0.25, -0.2) is 23.1 Å². The van der Waals surface area contributed by atoms with Crippen LogP contribution in [0.4, 0.5) is 17.2 Å². The lowest BCUT2D eigenvalue weighted by Crippen LogP contribution is -2.59. The molecule has 2 aromatic carbocycles. The van der Waals surface area contributed by atoms with Gasteiger partial charge in [-0.05, 0) is 129 Å². The zero-order valence-corrected chi connectivity index (χ0v) is 38.8. The SMILES string of the molecule is CC1CN(C2CC3(CCN(c4ccc(C(=O)NS(=O)(=O)c5cnc(NCC6CCC(C)(C)CC6)c([N+](=O)[O-])c5)c(Oc5cnc6[nH]ccc6c5)c4)CC3)C2)[C@@H](c2ccccc2C2CC2)CO1. The van der Waals surface area contributed by atoms with Crippen LogP contribution in [0.15, 0.2) is 84.1 Å². The number of hydrogen-bond donors (Lipinski definition) is 3. The number of carbonyl (C=O) groups excluding carboxylic acids is 1. The van der Waals surface area contributed by atoms with E-state index in [0.29, 0.717) is 35.8 Å². The Hall–Kier alpha value is -5.58. The highest BCUT2D eigenvalue weighted by atomic mass is 32.2. The smallest absolute Gasteiger partial charge is 0.312 e. The van der Waals surface area contributed by atoms with Gasteiger partial charge in [0, 0.05) is 61.6 Å². The van der Waals surface area contributed by atoms with Gasteiger partial charge in [-0.1, -0.05) is 38.1 Å². The van der Waals surface area contributed by atoms with E-state index >= 15 is 0 Å². The second-order valence-electron chi connectivity index (χ2n) is 20.4. The maximum absolute atomic E-state index is 14.0. The first kappa shape index (κ1) is 44.3. The number of nitrogens with zero attached hydrogens (tertiary/aromatic N) is 5. The lowest BCUT2D eigenvalue weighted by atomic mass is 9.59. The molecule has 0 radical (unpaired) electrons. The number of fused-ring (bicyclic) bond motifs is 1. The van der Waals surface area contributed by atoms with Gasteiger partial charge >= 0.3 is 5.69 Å². The number of hydrogen-bond acceptors (Lipinski definition) is 12. The lowest BCUT2D eigenvalue weighted by Gasteiger charge is -2.58. The fraction of sp³-hybridized carbons (Fsp3) is 0.500. The molecule has 348 valence electrons. The Balaban J connectivity index is 0.838. The van der Waals surface area contributed by atoms with Crippen LogP contribution in [-0.4, -0.2) is 84.0 Å². The van der Waals surface area contributed by atoms with E-state index in [-0.39, 0.29) is 40.1 Å². The summed E-state index contributed by atoms with van der Waals surface area (Å²) in [5, 5.41) is 16.1. The molecule has 2 saturated heterocycles. The number of anilines is 2. The Bertz CT molecular complexity index is 2730. The van der Waals surface area contributed by atoms with Gasteiger partial charge in [0.15, 0.2) is 0 Å². The van der Waals surface area contributed by atoms with Crippen LogP contribution in [0.2, 0.25) is 0 Å². The van der Waals surface area contributed by atoms with Crippen molar-refractivity contribution in [1.82, 2.24) is 24.6 Å². The highest BCUT2D eigenvalue weighted by molar-refractivity contribution is 7.90. The van der Waals surface area contributed by atoms with Gasteiger partial charge in [0.05, 0.1) is 41.6 Å². The highest BCUT2D eigenvalue weighted by Crippen LogP contribution is 2.54. The van der Waals surface area contributed by atoms with Crippen LogP contribution in [0.25, 0.3) is 11.0 Å². The third-order valence-electron chi connectivity index (χ3n) is 15.2. The van der Waals surface area contributed by atoms with Crippen LogP contribution in [0.1, 0.15) is 118 Å². The maximum Gasteiger partial charge on any atom is 0.312 e. The van der Waals surface area contributed by atoms with Crippen molar-refractivity contribution in [2.75, 3.05) is 43.0 Å². The topological polar surface area (TPSA) is 185 Å². The fourth-order valence-electron chi connectivity index (χ4n) is 11.0. The van der Waals surface area contributed by atoms with E-state index in [1.807, 2.05) is 12.1 Å². The van der Waals surface area contributed by atoms with Crippen LogP contribution in [0.3, 0.4) is 0 Å². The first-order valence-corrected chi connectivity index (χ1v) is 25.1. The third kappa shape index (κ3) is 9.23. The van der Waals surface area contributed by atoms with Crippen molar-refractivity contribution in [3.05, 3.63) is 106 Å². The molecule has 3 N–H and O–H groups in total. The Kier molecular flexibility index (Phi) is 11.8. The number of ether oxygens (including phenoxy) is 2. The molecule has 5 aliphatic rings. The molecular formula is C50H60N8O7S. The molecule has 1 unspecified atom stereocenters. The molecule has 16 heteroatoms. The molecule has 5 aromatic rings. The lowest BCUT2D eigenvalue weighted by molar-refractivity contribution is -0.384. The number of morpholine rings is 1. The van der Waals surface area contributed by atoms with E-state index in [2.05, 4.69) is 79.8 Å². The van der Waals surface area contributed by atoms with E-state index < -0.39 is 31.4 Å². The van der Waals surface area contributed by atoms with Crippen molar-refractivity contribution in [2.45, 2.75) is 114 Å². The van der Waals surface area contributed by atoms with Gasteiger partial charge in [0.2, 0.25) is 5.82 Å². The largest absolute Gasteiger partial charge is 0.455 e. The number of aromatic amines is 1. The van der Waals surface area contributed by atoms with E-state index in [1.54, 1.807) is 30.6 Å². The molecule has 5 fully saturated rings. The molecule has 66 heavy (non-hydrogen) atoms. The van der Waals surface area contributed by atoms with Gasteiger partial charge in [-0.3, -0.25) is 19.8 Å². The maximum atomic E-state index is 14.0. The Labute approximate surface area is 386 Å². The van der Waals surface area contributed by atoms with Crippen molar-refractivity contribution in [3.63, 3.8) is 0 Å². The average Bonchev–Trinajstić information content (AvgIpc) is 4.04. The van der Waals surface area contributed by atoms with E-state index in [4.69, 9.17) is 9.47 Å². The van der Waals surface area contributed by atoms with Crippen molar-refractivity contribution in [1.29, 1.82) is 0 Å². The van der Waals surface area contributed by atoms with Gasteiger partial charge in [-0.2, -0.15) is 0 Å². The summed E-state index contributed by atoms with van der Waals surface area (Å²) in [6.45, 7) is 10.5. The summed E-state index contributed by atoms with van der Waals surface area (Å²) in [4.78, 5) is 41.7. The summed E-state index contributed by atoms with van der Waals surface area (Å²) in [5.41, 5.74) is 4.49. The number of carbonyl (C=O) groups is 1. The zero-order valence-electron chi connectivity index (χ0n) is 38.0. The highest BCUT2D eigenvalue weighted by Gasteiger charge is 2.50. The fourth-order valence-corrected chi connectivity index (χ4v) is 11.9. The number of benzene rings is 2. The van der Waals surface area contributed by atoms with Crippen molar-refractivity contribution < 1.29 is 27.6 Å². The summed E-state index contributed by atoms with van der Waals surface area (Å²) in [7, 11) is -4.61. The Morgan fingerprint density at radius 2 is 1.73 bits per heavy atom. The minimum absolute atomic E-state index is 0.0131. The number of nitro groups is 1. The second kappa shape index (κ2) is 17.6. The van der Waals surface area contributed by atoms with Crippen LogP contribution in [0, 0.1) is 26.9 Å². The van der Waals surface area contributed by atoms with E-state index in [1.165, 1.54) is 24.0 Å². The van der Waals surface area contributed by atoms with Crippen molar-refractivity contribution in [2.24, 2.45) is 16.7 Å². The molecule has 3 aromatic heterocycles. The summed E-state index contributed by atoms with van der Waals surface area (Å²) < 4.78 is 42.3. The van der Waals surface area contributed by atoms with Crippen LogP contribution >= 0.6 is 0 Å². The minimum Gasteiger partial charge on any atom is -0.455 e. The van der Waals surface area contributed by atoms with Gasteiger partial charge in [-0.15, -0.1) is 0 Å². The number of H-pyrrole nitrogens is 1. The average molecular weight is 917 g/mol. The molecule has 2 atom stereocenters. The first-order chi connectivity index (χ1) is 31.7. The Morgan fingerprint density at radius 3 is 2.47 bits per heavy atom. The van der Waals surface area contributed by atoms with Crippen molar-refractivity contribution >= 4 is 44.2 Å². The van der Waals surface area contributed by atoms with Crippen LogP contribution in [-0.2, 0) is 14.8 Å².